The van der Waals surface area contributed by atoms with Crippen LogP contribution >= 0.6 is 12.0 Å². The van der Waals surface area contributed by atoms with Gasteiger partial charge in [-0.15, -0.1) is 0 Å². The van der Waals surface area contributed by atoms with Gasteiger partial charge < -0.3 is 4.18 Å². The van der Waals surface area contributed by atoms with Gasteiger partial charge in [0.15, 0.2) is 0 Å². The normalized spacial score (nSPS) is 9.91. The van der Waals surface area contributed by atoms with E-state index in [1.165, 1.54) is 12.0 Å². The van der Waals surface area contributed by atoms with E-state index in [1.807, 2.05) is 24.5 Å². The summed E-state index contributed by atoms with van der Waals surface area (Å²) >= 11 is 1.39. The standard InChI is InChI=1S/C8H11NOS/c1-11-10-7-5-8-4-2-3-6-9-8/h2-4,6H,5,7H2,1H3. The van der Waals surface area contributed by atoms with Crippen LogP contribution in [0.4, 0.5) is 0 Å². The molecule has 0 N–H and O–H groups in total. The van der Waals surface area contributed by atoms with Crippen molar-refractivity contribution in [3.63, 3.8) is 0 Å². The van der Waals surface area contributed by atoms with Crippen LogP contribution in [0, 0.1) is 0 Å². The van der Waals surface area contributed by atoms with E-state index in [0.717, 1.165) is 18.7 Å². The van der Waals surface area contributed by atoms with Crippen molar-refractivity contribution in [3.05, 3.63) is 30.1 Å². The molecule has 1 rings (SSSR count). The van der Waals surface area contributed by atoms with Gasteiger partial charge in [0.05, 0.1) is 6.61 Å². The first-order chi connectivity index (χ1) is 5.43. The predicted octanol–water partition coefficient (Wildman–Crippen LogP) is 1.92. The van der Waals surface area contributed by atoms with Crippen molar-refractivity contribution in [3.8, 4) is 0 Å². The van der Waals surface area contributed by atoms with Gasteiger partial charge in [-0.05, 0) is 24.2 Å². The molecule has 0 atom stereocenters. The van der Waals surface area contributed by atoms with Crippen molar-refractivity contribution < 1.29 is 4.18 Å². The van der Waals surface area contributed by atoms with Crippen LogP contribution in [0.25, 0.3) is 0 Å². The molecular weight excluding hydrogens is 158 g/mol. The Morgan fingerprint density at radius 2 is 2.45 bits per heavy atom. The van der Waals surface area contributed by atoms with E-state index < -0.39 is 0 Å². The summed E-state index contributed by atoms with van der Waals surface area (Å²) in [5.74, 6) is 0. The second-order valence-electron chi connectivity index (χ2n) is 2.06. The molecule has 0 fully saturated rings. The van der Waals surface area contributed by atoms with E-state index in [1.54, 1.807) is 6.20 Å². The number of hydrogen-bond acceptors (Lipinski definition) is 3. The summed E-state index contributed by atoms with van der Waals surface area (Å²) in [6.45, 7) is 0.734. The van der Waals surface area contributed by atoms with Gasteiger partial charge in [0, 0.05) is 24.6 Å². The number of rotatable bonds is 4. The minimum absolute atomic E-state index is 0.734. The molecule has 0 unspecified atom stereocenters. The van der Waals surface area contributed by atoms with Crippen molar-refractivity contribution >= 4 is 12.0 Å². The van der Waals surface area contributed by atoms with Crippen LogP contribution in [0.2, 0.25) is 0 Å². The first-order valence-electron chi connectivity index (χ1n) is 3.49. The fourth-order valence-electron chi connectivity index (χ4n) is 0.776. The third kappa shape index (κ3) is 3.39. The average molecular weight is 169 g/mol. The zero-order chi connectivity index (χ0) is 7.94. The minimum Gasteiger partial charge on any atom is -0.315 e. The van der Waals surface area contributed by atoms with E-state index in [9.17, 15) is 0 Å². The summed E-state index contributed by atoms with van der Waals surface area (Å²) in [6, 6.07) is 5.91. The lowest BCUT2D eigenvalue weighted by molar-refractivity contribution is 0.379. The highest BCUT2D eigenvalue weighted by molar-refractivity contribution is 7.93. The molecular formula is C8H11NOS. The van der Waals surface area contributed by atoms with Gasteiger partial charge in [-0.3, -0.25) is 4.98 Å². The minimum atomic E-state index is 0.734. The highest BCUT2D eigenvalue weighted by Gasteiger charge is 1.91. The quantitative estimate of drug-likeness (QED) is 0.508. The second-order valence-corrected chi connectivity index (χ2v) is 2.63. The molecule has 0 aromatic carbocycles. The van der Waals surface area contributed by atoms with Crippen molar-refractivity contribution in [1.82, 2.24) is 4.98 Å². The van der Waals surface area contributed by atoms with Crippen LogP contribution < -0.4 is 0 Å². The SMILES string of the molecule is CSOCCc1ccccn1. The van der Waals surface area contributed by atoms with E-state index in [4.69, 9.17) is 4.18 Å². The van der Waals surface area contributed by atoms with Crippen molar-refractivity contribution in [1.29, 1.82) is 0 Å². The Morgan fingerprint density at radius 3 is 3.09 bits per heavy atom. The molecule has 0 bridgehead atoms. The smallest absolute Gasteiger partial charge is 0.0669 e. The molecule has 1 aromatic rings. The van der Waals surface area contributed by atoms with E-state index >= 15 is 0 Å². The molecule has 11 heavy (non-hydrogen) atoms. The molecule has 0 saturated heterocycles. The fraction of sp³-hybridized carbons (Fsp3) is 0.375. The second kappa shape index (κ2) is 5.16. The summed E-state index contributed by atoms with van der Waals surface area (Å²) in [5, 5.41) is 0. The third-order valence-electron chi connectivity index (χ3n) is 1.29. The molecule has 0 aliphatic heterocycles. The van der Waals surface area contributed by atoms with Crippen LogP contribution in [0.5, 0.6) is 0 Å². The Balaban J connectivity index is 2.28. The highest BCUT2D eigenvalue weighted by atomic mass is 32.2. The molecule has 0 aliphatic carbocycles. The van der Waals surface area contributed by atoms with E-state index in [-0.39, 0.29) is 0 Å². The molecule has 1 aromatic heterocycles. The first kappa shape index (κ1) is 8.56. The Labute approximate surface area is 71.2 Å². The molecule has 0 spiro atoms. The molecule has 0 amide bonds. The van der Waals surface area contributed by atoms with Gasteiger partial charge in [-0.25, -0.2) is 0 Å². The number of nitrogens with zero attached hydrogens (tertiary/aromatic N) is 1. The number of aromatic nitrogens is 1. The van der Waals surface area contributed by atoms with Crippen LogP contribution in [0.15, 0.2) is 24.4 Å². The van der Waals surface area contributed by atoms with Gasteiger partial charge in [-0.2, -0.15) is 0 Å². The van der Waals surface area contributed by atoms with Crippen molar-refractivity contribution in [2.45, 2.75) is 6.42 Å². The molecule has 60 valence electrons. The summed E-state index contributed by atoms with van der Waals surface area (Å²) < 4.78 is 5.11. The molecule has 2 nitrogen and oxygen atoms in total. The average Bonchev–Trinajstić information content (AvgIpc) is 2.07. The van der Waals surface area contributed by atoms with Gasteiger partial charge in [0.2, 0.25) is 0 Å². The predicted molar refractivity (Wildman–Crippen MR) is 47.4 cm³/mol. The number of hydrogen-bond donors (Lipinski definition) is 0. The van der Waals surface area contributed by atoms with Crippen molar-refractivity contribution in [2.75, 3.05) is 12.9 Å². The maximum absolute atomic E-state index is 5.11. The molecule has 0 saturated carbocycles. The van der Waals surface area contributed by atoms with E-state index in [0.29, 0.717) is 0 Å². The Bertz CT molecular complexity index is 191. The van der Waals surface area contributed by atoms with Crippen LogP contribution in [0.1, 0.15) is 5.69 Å². The lowest BCUT2D eigenvalue weighted by atomic mass is 10.3. The summed E-state index contributed by atoms with van der Waals surface area (Å²) in [4.78, 5) is 4.16. The third-order valence-corrected chi connectivity index (χ3v) is 1.69. The topological polar surface area (TPSA) is 22.1 Å². The first-order valence-corrected chi connectivity index (χ1v) is 4.64. The zero-order valence-corrected chi connectivity index (χ0v) is 7.30. The van der Waals surface area contributed by atoms with Gasteiger partial charge in [0.1, 0.15) is 0 Å². The lowest BCUT2D eigenvalue weighted by Crippen LogP contribution is -1.94. The van der Waals surface area contributed by atoms with Crippen LogP contribution in [0.3, 0.4) is 0 Å². The highest BCUT2D eigenvalue weighted by Crippen LogP contribution is 1.99. The van der Waals surface area contributed by atoms with Crippen LogP contribution in [-0.4, -0.2) is 17.8 Å². The van der Waals surface area contributed by atoms with E-state index in [2.05, 4.69) is 4.98 Å². The Morgan fingerprint density at radius 1 is 1.55 bits per heavy atom. The van der Waals surface area contributed by atoms with Gasteiger partial charge >= 0.3 is 0 Å². The summed E-state index contributed by atoms with van der Waals surface area (Å²) in [5.41, 5.74) is 1.08. The monoisotopic (exact) mass is 169 g/mol. The Kier molecular flexibility index (Phi) is 4.01. The molecule has 0 aliphatic rings. The molecule has 3 heteroatoms. The molecule has 1 heterocycles. The maximum atomic E-state index is 5.11. The zero-order valence-electron chi connectivity index (χ0n) is 6.49. The summed E-state index contributed by atoms with van der Waals surface area (Å²) in [6.07, 6.45) is 4.61. The largest absolute Gasteiger partial charge is 0.315 e. The van der Waals surface area contributed by atoms with Gasteiger partial charge in [0.25, 0.3) is 0 Å². The van der Waals surface area contributed by atoms with Crippen molar-refractivity contribution in [2.24, 2.45) is 0 Å². The maximum Gasteiger partial charge on any atom is 0.0669 e. The van der Waals surface area contributed by atoms with Crippen LogP contribution in [-0.2, 0) is 10.6 Å². The lowest BCUT2D eigenvalue weighted by Gasteiger charge is -1.98. The van der Waals surface area contributed by atoms with Gasteiger partial charge in [-0.1, -0.05) is 6.07 Å². The summed E-state index contributed by atoms with van der Waals surface area (Å²) in [7, 11) is 0. The molecule has 0 radical (unpaired) electrons. The Hall–Kier alpha value is -0.540. The fourth-order valence-corrected chi connectivity index (χ4v) is 1.03. The number of pyridine rings is 1.